The summed E-state index contributed by atoms with van der Waals surface area (Å²) < 4.78 is 5.06. The molecule has 1 aliphatic rings. The Bertz CT molecular complexity index is 338. The number of aromatic nitrogens is 2. The van der Waals surface area contributed by atoms with Crippen LogP contribution in [0.3, 0.4) is 0 Å². The summed E-state index contributed by atoms with van der Waals surface area (Å²) in [5, 5.41) is 13.4. The molecule has 1 aromatic rings. The molecular weight excluding hydrogens is 206 g/mol. The number of hydrogen-bond acceptors (Lipinski definition) is 5. The Morgan fingerprint density at radius 2 is 2.44 bits per heavy atom. The van der Waals surface area contributed by atoms with Crippen LogP contribution in [0, 0.1) is 5.92 Å². The van der Waals surface area contributed by atoms with Crippen molar-refractivity contribution in [2.45, 2.75) is 39.3 Å². The fourth-order valence-corrected chi connectivity index (χ4v) is 2.10. The summed E-state index contributed by atoms with van der Waals surface area (Å²) in [5.74, 6) is 1.84. The van der Waals surface area contributed by atoms with Crippen LogP contribution < -0.4 is 0 Å². The van der Waals surface area contributed by atoms with Crippen LogP contribution >= 0.6 is 0 Å². The molecule has 0 bridgehead atoms. The number of likely N-dealkylation sites (tertiary alicyclic amines) is 1. The van der Waals surface area contributed by atoms with Crippen LogP contribution in [0.15, 0.2) is 4.52 Å². The smallest absolute Gasteiger partial charge is 0.226 e. The second-order valence-electron chi connectivity index (χ2n) is 4.48. The van der Waals surface area contributed by atoms with Gasteiger partial charge in [-0.15, -0.1) is 0 Å². The molecule has 1 aromatic heterocycles. The van der Waals surface area contributed by atoms with Crippen LogP contribution in [0.1, 0.15) is 32.0 Å². The minimum absolute atomic E-state index is 0.221. The highest BCUT2D eigenvalue weighted by Gasteiger charge is 2.26. The Morgan fingerprint density at radius 1 is 1.62 bits per heavy atom. The van der Waals surface area contributed by atoms with Crippen molar-refractivity contribution in [1.82, 2.24) is 15.0 Å². The maximum absolute atomic E-state index is 9.50. The quantitative estimate of drug-likeness (QED) is 0.822. The van der Waals surface area contributed by atoms with Crippen LogP contribution in [-0.4, -0.2) is 39.3 Å². The molecule has 5 heteroatoms. The van der Waals surface area contributed by atoms with Gasteiger partial charge in [0.05, 0.1) is 12.6 Å². The summed E-state index contributed by atoms with van der Waals surface area (Å²) in [7, 11) is 0. The minimum Gasteiger partial charge on any atom is -0.393 e. The van der Waals surface area contributed by atoms with Gasteiger partial charge >= 0.3 is 0 Å². The lowest BCUT2D eigenvalue weighted by atomic mass is 10.0. The lowest BCUT2D eigenvalue weighted by Crippen LogP contribution is -2.24. The molecule has 1 fully saturated rings. The van der Waals surface area contributed by atoms with E-state index in [1.54, 1.807) is 0 Å². The molecule has 0 radical (unpaired) electrons. The maximum atomic E-state index is 9.50. The SMILES string of the molecule is CCc1nc(CN2CCC(C(C)O)C2)no1. The summed E-state index contributed by atoms with van der Waals surface area (Å²) in [6, 6.07) is 0. The first-order valence-corrected chi connectivity index (χ1v) is 5.91. The number of nitrogens with zero attached hydrogens (tertiary/aromatic N) is 3. The number of hydrogen-bond donors (Lipinski definition) is 1. The van der Waals surface area contributed by atoms with Crippen molar-refractivity contribution in [1.29, 1.82) is 0 Å². The summed E-state index contributed by atoms with van der Waals surface area (Å²) in [6.45, 7) is 6.51. The molecule has 2 atom stereocenters. The van der Waals surface area contributed by atoms with Gasteiger partial charge < -0.3 is 9.63 Å². The van der Waals surface area contributed by atoms with E-state index in [4.69, 9.17) is 4.52 Å². The number of aliphatic hydroxyl groups is 1. The molecule has 1 aliphatic heterocycles. The predicted octanol–water partition coefficient (Wildman–Crippen LogP) is 0.835. The first-order chi connectivity index (χ1) is 7.69. The molecule has 0 aliphatic carbocycles. The van der Waals surface area contributed by atoms with Gasteiger partial charge in [0.2, 0.25) is 5.89 Å². The molecule has 90 valence electrons. The Labute approximate surface area is 95.4 Å². The molecule has 2 heterocycles. The average molecular weight is 225 g/mol. The summed E-state index contributed by atoms with van der Waals surface area (Å²) in [4.78, 5) is 6.55. The normalized spacial score (nSPS) is 23.8. The van der Waals surface area contributed by atoms with Gasteiger partial charge in [-0.2, -0.15) is 4.98 Å². The monoisotopic (exact) mass is 225 g/mol. The lowest BCUT2D eigenvalue weighted by molar-refractivity contribution is 0.127. The van der Waals surface area contributed by atoms with E-state index in [2.05, 4.69) is 15.0 Å². The molecule has 0 spiro atoms. The molecule has 5 nitrogen and oxygen atoms in total. The third kappa shape index (κ3) is 2.59. The van der Waals surface area contributed by atoms with Crippen molar-refractivity contribution in [2.24, 2.45) is 5.92 Å². The first kappa shape index (κ1) is 11.5. The predicted molar refractivity (Wildman–Crippen MR) is 58.7 cm³/mol. The number of rotatable bonds is 4. The van der Waals surface area contributed by atoms with E-state index >= 15 is 0 Å². The Balaban J connectivity index is 1.87. The fraction of sp³-hybridized carbons (Fsp3) is 0.818. The van der Waals surface area contributed by atoms with Crippen molar-refractivity contribution >= 4 is 0 Å². The van der Waals surface area contributed by atoms with Crippen molar-refractivity contribution in [3.8, 4) is 0 Å². The standard InChI is InChI=1S/C11H19N3O2/c1-3-11-12-10(13-16-11)7-14-5-4-9(6-14)8(2)15/h8-9,15H,3-7H2,1-2H3. The zero-order chi connectivity index (χ0) is 11.5. The van der Waals surface area contributed by atoms with E-state index in [1.165, 1.54) is 0 Å². The molecule has 16 heavy (non-hydrogen) atoms. The second kappa shape index (κ2) is 4.93. The molecule has 1 saturated heterocycles. The molecule has 0 aromatic carbocycles. The van der Waals surface area contributed by atoms with E-state index in [1.807, 2.05) is 13.8 Å². The van der Waals surface area contributed by atoms with Gasteiger partial charge in [-0.25, -0.2) is 0 Å². The average Bonchev–Trinajstić information content (AvgIpc) is 2.87. The van der Waals surface area contributed by atoms with Crippen molar-refractivity contribution in [3.05, 3.63) is 11.7 Å². The summed E-state index contributed by atoms with van der Waals surface area (Å²) in [6.07, 6.45) is 1.61. The van der Waals surface area contributed by atoms with E-state index < -0.39 is 0 Å². The Hall–Kier alpha value is -0.940. The van der Waals surface area contributed by atoms with Gasteiger partial charge in [-0.3, -0.25) is 4.90 Å². The van der Waals surface area contributed by atoms with Gasteiger partial charge in [0.1, 0.15) is 0 Å². The van der Waals surface area contributed by atoms with Crippen molar-refractivity contribution < 1.29 is 9.63 Å². The fourth-order valence-electron chi connectivity index (χ4n) is 2.10. The lowest BCUT2D eigenvalue weighted by Gasteiger charge is -2.15. The highest BCUT2D eigenvalue weighted by molar-refractivity contribution is 4.88. The zero-order valence-electron chi connectivity index (χ0n) is 9.89. The van der Waals surface area contributed by atoms with Gasteiger partial charge in [0, 0.05) is 13.0 Å². The Kier molecular flexibility index (Phi) is 3.56. The largest absolute Gasteiger partial charge is 0.393 e. The number of aryl methyl sites for hydroxylation is 1. The number of aliphatic hydroxyl groups excluding tert-OH is 1. The van der Waals surface area contributed by atoms with Crippen LogP contribution in [0.2, 0.25) is 0 Å². The molecule has 0 saturated carbocycles. The molecule has 0 amide bonds. The van der Waals surface area contributed by atoms with E-state index in [9.17, 15) is 5.11 Å². The molecule has 1 N–H and O–H groups in total. The molecular formula is C11H19N3O2. The van der Waals surface area contributed by atoms with Crippen molar-refractivity contribution in [3.63, 3.8) is 0 Å². The second-order valence-corrected chi connectivity index (χ2v) is 4.48. The topological polar surface area (TPSA) is 62.4 Å². The zero-order valence-corrected chi connectivity index (χ0v) is 9.89. The van der Waals surface area contributed by atoms with E-state index in [-0.39, 0.29) is 6.10 Å². The third-order valence-electron chi connectivity index (χ3n) is 3.17. The van der Waals surface area contributed by atoms with Crippen LogP contribution in [-0.2, 0) is 13.0 Å². The Morgan fingerprint density at radius 3 is 3.00 bits per heavy atom. The third-order valence-corrected chi connectivity index (χ3v) is 3.17. The van der Waals surface area contributed by atoms with E-state index in [0.717, 1.165) is 38.3 Å². The minimum atomic E-state index is -0.221. The highest BCUT2D eigenvalue weighted by atomic mass is 16.5. The van der Waals surface area contributed by atoms with Gasteiger partial charge in [0.25, 0.3) is 0 Å². The van der Waals surface area contributed by atoms with Crippen LogP contribution in [0.4, 0.5) is 0 Å². The van der Waals surface area contributed by atoms with Gasteiger partial charge in [0.15, 0.2) is 5.82 Å². The summed E-state index contributed by atoms with van der Waals surface area (Å²) >= 11 is 0. The van der Waals surface area contributed by atoms with E-state index in [0.29, 0.717) is 11.8 Å². The molecule has 2 unspecified atom stereocenters. The molecule has 2 rings (SSSR count). The highest BCUT2D eigenvalue weighted by Crippen LogP contribution is 2.20. The van der Waals surface area contributed by atoms with Crippen molar-refractivity contribution in [2.75, 3.05) is 13.1 Å². The first-order valence-electron chi connectivity index (χ1n) is 5.91. The maximum Gasteiger partial charge on any atom is 0.226 e. The van der Waals surface area contributed by atoms with Gasteiger partial charge in [-0.1, -0.05) is 12.1 Å². The van der Waals surface area contributed by atoms with Crippen LogP contribution in [0.25, 0.3) is 0 Å². The summed E-state index contributed by atoms with van der Waals surface area (Å²) in [5.41, 5.74) is 0. The van der Waals surface area contributed by atoms with Gasteiger partial charge in [-0.05, 0) is 25.8 Å². The van der Waals surface area contributed by atoms with Crippen LogP contribution in [0.5, 0.6) is 0 Å².